The van der Waals surface area contributed by atoms with Gasteiger partial charge in [-0.2, -0.15) is 0 Å². The van der Waals surface area contributed by atoms with Crippen LogP contribution in [0.25, 0.3) is 0 Å². The molecular weight excluding hydrogens is 302 g/mol. The maximum Gasteiger partial charge on any atom is 0.287 e. The maximum absolute atomic E-state index is 12.2. The zero-order chi connectivity index (χ0) is 15.6. The molecule has 0 saturated heterocycles. The van der Waals surface area contributed by atoms with Crippen LogP contribution in [0.1, 0.15) is 56.3 Å². The second-order valence-electron chi connectivity index (χ2n) is 4.76. The molecule has 0 radical (unpaired) electrons. The molecule has 1 amide bonds. The van der Waals surface area contributed by atoms with E-state index < -0.39 is 15.0 Å². The number of hydrogen-bond donors (Lipinski definition) is 1. The molecule has 0 bridgehead atoms. The lowest BCUT2D eigenvalue weighted by Crippen LogP contribution is -2.47. The van der Waals surface area contributed by atoms with Gasteiger partial charge >= 0.3 is 0 Å². The van der Waals surface area contributed by atoms with Crippen molar-refractivity contribution < 1.29 is 17.6 Å². The van der Waals surface area contributed by atoms with Crippen LogP contribution in [0.2, 0.25) is 0 Å². The number of nitrogens with one attached hydrogen (secondary N) is 1. The van der Waals surface area contributed by atoms with E-state index in [9.17, 15) is 13.2 Å². The van der Waals surface area contributed by atoms with E-state index >= 15 is 0 Å². The van der Waals surface area contributed by atoms with Crippen LogP contribution in [0.5, 0.6) is 0 Å². The Morgan fingerprint density at radius 1 is 1.30 bits per heavy atom. The number of carbonyl (C=O) groups excluding carboxylic acids is 1. The average molecular weight is 322 g/mol. The molecule has 1 aromatic rings. The lowest BCUT2D eigenvalue weighted by atomic mass is 9.90. The molecule has 0 aromatic carbocycles. The molecule has 0 atom stereocenters. The second kappa shape index (κ2) is 6.18. The number of amides is 1. The number of carbonyl (C=O) groups is 1. The minimum atomic E-state index is -3.91. The van der Waals surface area contributed by atoms with E-state index in [0.717, 1.165) is 19.3 Å². The molecule has 0 saturated carbocycles. The van der Waals surface area contributed by atoms with E-state index in [1.54, 1.807) is 0 Å². The Kier molecular flexibility index (Phi) is 5.27. The zero-order valence-corrected chi connectivity index (χ0v) is 13.7. The van der Waals surface area contributed by atoms with Crippen molar-refractivity contribution in [2.75, 3.05) is 0 Å². The van der Waals surface area contributed by atoms with Gasteiger partial charge in [0.1, 0.15) is 10.7 Å². The molecule has 1 aromatic heterocycles. The Labute approximate surface area is 124 Å². The van der Waals surface area contributed by atoms with Gasteiger partial charge in [0.05, 0.1) is 0 Å². The third-order valence-corrected chi connectivity index (χ3v) is 5.20. The molecule has 0 spiro atoms. The topological polar surface area (TPSA) is 76.4 Å². The number of aryl methyl sites for hydroxylation is 1. The van der Waals surface area contributed by atoms with Gasteiger partial charge in [-0.3, -0.25) is 4.79 Å². The Morgan fingerprint density at radius 2 is 1.80 bits per heavy atom. The van der Waals surface area contributed by atoms with Crippen LogP contribution in [-0.2, 0) is 9.05 Å². The summed E-state index contributed by atoms with van der Waals surface area (Å²) in [5.41, 5.74) is -0.308. The lowest BCUT2D eigenvalue weighted by Gasteiger charge is -2.31. The molecule has 0 unspecified atom stereocenters. The smallest absolute Gasteiger partial charge is 0.287 e. The van der Waals surface area contributed by atoms with Crippen molar-refractivity contribution in [3.8, 4) is 0 Å². The third kappa shape index (κ3) is 3.55. The van der Waals surface area contributed by atoms with Crippen LogP contribution in [-0.4, -0.2) is 19.9 Å². The van der Waals surface area contributed by atoms with E-state index in [4.69, 9.17) is 15.1 Å². The highest BCUT2D eigenvalue weighted by Crippen LogP contribution is 2.25. The van der Waals surface area contributed by atoms with Crippen LogP contribution >= 0.6 is 10.7 Å². The summed E-state index contributed by atoms with van der Waals surface area (Å²) < 4.78 is 27.8. The minimum absolute atomic E-state index is 0.0403. The Hall–Kier alpha value is -1.01. The highest BCUT2D eigenvalue weighted by molar-refractivity contribution is 8.13. The van der Waals surface area contributed by atoms with E-state index in [0.29, 0.717) is 0 Å². The van der Waals surface area contributed by atoms with Crippen molar-refractivity contribution in [1.82, 2.24) is 5.32 Å². The molecule has 5 nitrogen and oxygen atoms in total. The van der Waals surface area contributed by atoms with Gasteiger partial charge in [-0.15, -0.1) is 0 Å². The van der Waals surface area contributed by atoms with Gasteiger partial charge in [-0.1, -0.05) is 20.8 Å². The highest BCUT2D eigenvalue weighted by Gasteiger charge is 2.29. The fraction of sp³-hybridized carbons (Fsp3) is 0.615. The molecule has 0 fully saturated rings. The normalized spacial score (nSPS) is 12.4. The molecule has 1 N–H and O–H groups in total. The van der Waals surface area contributed by atoms with Crippen LogP contribution in [0.4, 0.5) is 0 Å². The fourth-order valence-corrected chi connectivity index (χ4v) is 3.23. The number of rotatable bonds is 6. The summed E-state index contributed by atoms with van der Waals surface area (Å²) in [5.74, 6) is -0.355. The van der Waals surface area contributed by atoms with Gasteiger partial charge in [0.2, 0.25) is 0 Å². The first kappa shape index (κ1) is 17.0. The SMILES string of the molecule is CCC(CC)(CC)NC(=O)c1cc(S(=O)(=O)Cl)c(C)o1. The number of halogens is 1. The largest absolute Gasteiger partial charge is 0.455 e. The quantitative estimate of drug-likeness (QED) is 0.816. The molecule has 7 heteroatoms. The summed E-state index contributed by atoms with van der Waals surface area (Å²) >= 11 is 0. The molecule has 1 heterocycles. The lowest BCUT2D eigenvalue weighted by molar-refractivity contribution is 0.0858. The summed E-state index contributed by atoms with van der Waals surface area (Å²) in [7, 11) is 1.37. The van der Waals surface area contributed by atoms with E-state index in [1.807, 2.05) is 20.8 Å². The summed E-state index contributed by atoms with van der Waals surface area (Å²) in [4.78, 5) is 12.0. The molecule has 0 aliphatic rings. The van der Waals surface area contributed by atoms with Crippen LogP contribution in [0.15, 0.2) is 15.4 Å². The van der Waals surface area contributed by atoms with Crippen LogP contribution in [0.3, 0.4) is 0 Å². The summed E-state index contributed by atoms with van der Waals surface area (Å²) in [6.45, 7) is 7.44. The van der Waals surface area contributed by atoms with Gasteiger partial charge in [0, 0.05) is 22.3 Å². The molecule has 114 valence electrons. The van der Waals surface area contributed by atoms with Crippen molar-refractivity contribution in [1.29, 1.82) is 0 Å². The Morgan fingerprint density at radius 3 is 2.15 bits per heavy atom. The van der Waals surface area contributed by atoms with Crippen molar-refractivity contribution in [3.05, 3.63) is 17.6 Å². The summed E-state index contributed by atoms with van der Waals surface area (Å²) in [5, 5.41) is 2.92. The summed E-state index contributed by atoms with van der Waals surface area (Å²) in [6, 6.07) is 1.17. The first-order chi connectivity index (χ1) is 9.19. The van der Waals surface area contributed by atoms with Crippen LogP contribution < -0.4 is 5.32 Å². The van der Waals surface area contributed by atoms with E-state index in [2.05, 4.69) is 5.32 Å². The minimum Gasteiger partial charge on any atom is -0.455 e. The molecule has 20 heavy (non-hydrogen) atoms. The first-order valence-corrected chi connectivity index (χ1v) is 8.87. The number of furan rings is 1. The standard InChI is InChI=1S/C13H20ClNO4S/c1-5-13(6-2,7-3)15-12(16)10-8-11(9(4)19-10)20(14,17)18/h8H,5-7H2,1-4H3,(H,15,16). The van der Waals surface area contributed by atoms with Crippen molar-refractivity contribution in [2.24, 2.45) is 0 Å². The molecule has 0 aliphatic heterocycles. The van der Waals surface area contributed by atoms with Gasteiger partial charge in [0.25, 0.3) is 15.0 Å². The fourth-order valence-electron chi connectivity index (χ4n) is 2.14. The summed E-state index contributed by atoms with van der Waals surface area (Å²) in [6.07, 6.45) is 2.35. The molecular formula is C13H20ClNO4S. The van der Waals surface area contributed by atoms with Gasteiger partial charge in [-0.25, -0.2) is 8.42 Å². The Balaban J connectivity index is 3.06. The third-order valence-electron chi connectivity index (χ3n) is 3.77. The average Bonchev–Trinajstić information content (AvgIpc) is 2.78. The first-order valence-electron chi connectivity index (χ1n) is 6.56. The highest BCUT2D eigenvalue weighted by atomic mass is 35.7. The molecule has 0 aliphatic carbocycles. The Bertz CT molecular complexity index is 579. The van der Waals surface area contributed by atoms with Crippen molar-refractivity contribution in [3.63, 3.8) is 0 Å². The van der Waals surface area contributed by atoms with E-state index in [1.165, 1.54) is 13.0 Å². The molecule has 1 rings (SSSR count). The van der Waals surface area contributed by atoms with Crippen molar-refractivity contribution >= 4 is 25.6 Å². The second-order valence-corrected chi connectivity index (χ2v) is 7.30. The monoisotopic (exact) mass is 321 g/mol. The van der Waals surface area contributed by atoms with E-state index in [-0.39, 0.29) is 22.0 Å². The number of hydrogen-bond acceptors (Lipinski definition) is 4. The zero-order valence-electron chi connectivity index (χ0n) is 12.1. The predicted molar refractivity (Wildman–Crippen MR) is 77.6 cm³/mol. The van der Waals surface area contributed by atoms with Crippen molar-refractivity contribution in [2.45, 2.75) is 57.4 Å². The van der Waals surface area contributed by atoms with Gasteiger partial charge in [0.15, 0.2) is 5.76 Å². The van der Waals surface area contributed by atoms with Crippen LogP contribution in [0, 0.1) is 6.92 Å². The maximum atomic E-state index is 12.2. The predicted octanol–water partition coefficient (Wildman–Crippen LogP) is 3.21. The van der Waals surface area contributed by atoms with Gasteiger partial charge in [-0.05, 0) is 26.2 Å². The van der Waals surface area contributed by atoms with Gasteiger partial charge < -0.3 is 9.73 Å².